The fraction of sp³-hybridized carbons (Fsp3) is 0.200. The van der Waals surface area contributed by atoms with Crippen molar-refractivity contribution in [3.63, 3.8) is 0 Å². The van der Waals surface area contributed by atoms with Crippen LogP contribution < -0.4 is 5.56 Å². The molecule has 0 spiro atoms. The van der Waals surface area contributed by atoms with E-state index < -0.39 is 5.56 Å². The van der Waals surface area contributed by atoms with Crippen molar-refractivity contribution >= 4 is 17.5 Å². The topological polar surface area (TPSA) is 86.6 Å². The van der Waals surface area contributed by atoms with Crippen LogP contribution in [0.4, 0.5) is 0 Å². The van der Waals surface area contributed by atoms with Gasteiger partial charge in [0.05, 0.1) is 11.4 Å². The van der Waals surface area contributed by atoms with E-state index in [0.29, 0.717) is 22.8 Å². The number of nitriles is 1. The molecule has 1 heterocycles. The van der Waals surface area contributed by atoms with Crippen LogP contribution in [0, 0.1) is 11.3 Å². The molecule has 0 aliphatic heterocycles. The Labute approximate surface area is 126 Å². The summed E-state index contributed by atoms with van der Waals surface area (Å²) in [5.74, 6) is 0.146. The summed E-state index contributed by atoms with van der Waals surface area (Å²) in [7, 11) is 0. The number of aryl methyl sites for hydroxylation is 1. The molecule has 6 heteroatoms. The normalized spacial score (nSPS) is 10.1. The molecule has 0 unspecified atom stereocenters. The molecular formula is C15H13N3O2S. The van der Waals surface area contributed by atoms with Crippen molar-refractivity contribution in [3.05, 3.63) is 57.5 Å². The van der Waals surface area contributed by atoms with Crippen molar-refractivity contribution in [2.24, 2.45) is 0 Å². The van der Waals surface area contributed by atoms with Gasteiger partial charge in [0, 0.05) is 5.56 Å². The zero-order valence-electron chi connectivity index (χ0n) is 11.4. The lowest BCUT2D eigenvalue weighted by atomic mass is 10.2. The number of thioether (sulfide) groups is 1. The Bertz CT molecular complexity index is 748. The van der Waals surface area contributed by atoms with Crippen LogP contribution >= 0.6 is 11.8 Å². The Hall–Kier alpha value is -2.39. The fourth-order valence-corrected chi connectivity index (χ4v) is 2.55. The van der Waals surface area contributed by atoms with Crippen LogP contribution in [0.1, 0.15) is 28.5 Å². The molecule has 5 nitrogen and oxygen atoms in total. The van der Waals surface area contributed by atoms with Gasteiger partial charge in [0.1, 0.15) is 11.6 Å². The van der Waals surface area contributed by atoms with Crippen LogP contribution in [0.15, 0.2) is 40.3 Å². The van der Waals surface area contributed by atoms with E-state index in [1.165, 1.54) is 0 Å². The van der Waals surface area contributed by atoms with Crippen molar-refractivity contribution in [3.8, 4) is 6.07 Å². The number of hydrogen-bond acceptors (Lipinski definition) is 5. The first-order chi connectivity index (χ1) is 10.2. The molecule has 21 heavy (non-hydrogen) atoms. The summed E-state index contributed by atoms with van der Waals surface area (Å²) in [4.78, 5) is 30.5. The summed E-state index contributed by atoms with van der Waals surface area (Å²) in [5.41, 5.74) is 0.655. The molecule has 0 aliphatic rings. The van der Waals surface area contributed by atoms with Crippen molar-refractivity contribution in [1.29, 1.82) is 5.26 Å². The smallest absolute Gasteiger partial charge is 0.269 e. The number of hydrogen-bond donors (Lipinski definition) is 1. The van der Waals surface area contributed by atoms with Gasteiger partial charge in [-0.2, -0.15) is 5.26 Å². The van der Waals surface area contributed by atoms with Gasteiger partial charge in [0.2, 0.25) is 0 Å². The lowest BCUT2D eigenvalue weighted by Crippen LogP contribution is -2.16. The van der Waals surface area contributed by atoms with Crippen molar-refractivity contribution in [2.45, 2.75) is 18.5 Å². The zero-order valence-corrected chi connectivity index (χ0v) is 12.2. The molecule has 2 rings (SSSR count). The Balaban J connectivity index is 2.15. The van der Waals surface area contributed by atoms with Gasteiger partial charge in [-0.05, 0) is 6.42 Å². The molecule has 0 fully saturated rings. The number of ketones is 1. The molecule has 0 bridgehead atoms. The van der Waals surface area contributed by atoms with Gasteiger partial charge in [0.25, 0.3) is 5.56 Å². The molecule has 0 atom stereocenters. The number of carbonyl (C=O) groups is 1. The summed E-state index contributed by atoms with van der Waals surface area (Å²) in [6.45, 7) is 1.83. The van der Waals surface area contributed by atoms with Crippen molar-refractivity contribution in [1.82, 2.24) is 9.97 Å². The molecule has 1 N–H and O–H groups in total. The third-order valence-corrected chi connectivity index (χ3v) is 3.73. The summed E-state index contributed by atoms with van der Waals surface area (Å²) in [6, 6.07) is 10.8. The highest BCUT2D eigenvalue weighted by atomic mass is 32.2. The third-order valence-electron chi connectivity index (χ3n) is 2.86. The maximum atomic E-state index is 12.0. The fourth-order valence-electron chi connectivity index (χ4n) is 1.78. The van der Waals surface area contributed by atoms with Gasteiger partial charge in [-0.25, -0.2) is 4.98 Å². The van der Waals surface area contributed by atoms with Crippen LogP contribution in [0.2, 0.25) is 0 Å². The van der Waals surface area contributed by atoms with Gasteiger partial charge in [-0.1, -0.05) is 49.0 Å². The monoisotopic (exact) mass is 299 g/mol. The van der Waals surface area contributed by atoms with E-state index in [1.54, 1.807) is 24.3 Å². The van der Waals surface area contributed by atoms with Crippen molar-refractivity contribution in [2.75, 3.05) is 5.75 Å². The van der Waals surface area contributed by atoms with E-state index in [1.807, 2.05) is 19.1 Å². The number of Topliss-reactive ketones (excluding diaryl/α,β-unsaturated/α-hetero) is 1. The van der Waals surface area contributed by atoms with E-state index in [9.17, 15) is 9.59 Å². The van der Waals surface area contributed by atoms with E-state index in [2.05, 4.69) is 9.97 Å². The minimum absolute atomic E-state index is 0.0364. The predicted molar refractivity (Wildman–Crippen MR) is 80.4 cm³/mol. The van der Waals surface area contributed by atoms with Gasteiger partial charge in [0.15, 0.2) is 10.9 Å². The predicted octanol–water partition coefficient (Wildman–Crippen LogP) is 2.18. The highest BCUT2D eigenvalue weighted by Gasteiger charge is 2.12. The molecule has 2 aromatic rings. The number of carbonyl (C=O) groups excluding carboxylic acids is 1. The molecule has 0 amide bonds. The molecule has 0 aliphatic carbocycles. The maximum absolute atomic E-state index is 12.0. The molecule has 0 saturated heterocycles. The average molecular weight is 299 g/mol. The van der Waals surface area contributed by atoms with Crippen molar-refractivity contribution < 1.29 is 4.79 Å². The standard InChI is InChI=1S/C15H13N3O2S/c1-2-12-11(8-16)14(20)18-15(17-12)21-9-13(19)10-6-4-3-5-7-10/h3-7H,2,9H2,1H3,(H,17,18,20). The molecule has 0 saturated carbocycles. The van der Waals surface area contributed by atoms with E-state index >= 15 is 0 Å². The van der Waals surface area contributed by atoms with Gasteiger partial charge in [-0.3, -0.25) is 9.59 Å². The van der Waals surface area contributed by atoms with E-state index in [0.717, 1.165) is 11.8 Å². The van der Waals surface area contributed by atoms with Crippen LogP contribution in [0.25, 0.3) is 0 Å². The summed E-state index contributed by atoms with van der Waals surface area (Å²) in [5, 5.41) is 9.28. The number of rotatable bonds is 5. The van der Waals surface area contributed by atoms with Crippen LogP contribution in [0.5, 0.6) is 0 Å². The minimum Gasteiger partial charge on any atom is -0.300 e. The lowest BCUT2D eigenvalue weighted by Gasteiger charge is -2.04. The quantitative estimate of drug-likeness (QED) is 0.519. The number of aromatic amines is 1. The summed E-state index contributed by atoms with van der Waals surface area (Å²) in [6.07, 6.45) is 0.493. The average Bonchev–Trinajstić information content (AvgIpc) is 2.52. The second kappa shape index (κ2) is 6.86. The molecule has 106 valence electrons. The first kappa shape index (κ1) is 15.0. The molecule has 0 radical (unpaired) electrons. The van der Waals surface area contributed by atoms with Crippen LogP contribution in [0.3, 0.4) is 0 Å². The molecule has 1 aromatic carbocycles. The first-order valence-corrected chi connectivity index (χ1v) is 7.38. The number of H-pyrrole nitrogens is 1. The lowest BCUT2D eigenvalue weighted by molar-refractivity contribution is 0.102. The number of nitrogens with one attached hydrogen (secondary N) is 1. The number of nitrogens with zero attached hydrogens (tertiary/aromatic N) is 2. The summed E-state index contributed by atoms with van der Waals surface area (Å²) < 4.78 is 0. The Morgan fingerprint density at radius 2 is 2.10 bits per heavy atom. The van der Waals surface area contributed by atoms with Gasteiger partial charge < -0.3 is 4.98 Å². The SMILES string of the molecule is CCc1nc(SCC(=O)c2ccccc2)[nH]c(=O)c1C#N. The largest absolute Gasteiger partial charge is 0.300 e. The van der Waals surface area contributed by atoms with Gasteiger partial charge >= 0.3 is 0 Å². The van der Waals surface area contributed by atoms with E-state index in [-0.39, 0.29) is 17.1 Å². The van der Waals surface area contributed by atoms with E-state index in [4.69, 9.17) is 5.26 Å². The highest BCUT2D eigenvalue weighted by Crippen LogP contribution is 2.15. The minimum atomic E-state index is -0.459. The number of benzene rings is 1. The first-order valence-electron chi connectivity index (χ1n) is 6.40. The molecular weight excluding hydrogens is 286 g/mol. The second-order valence-corrected chi connectivity index (χ2v) is 5.20. The summed E-state index contributed by atoms with van der Waals surface area (Å²) >= 11 is 1.16. The Morgan fingerprint density at radius 1 is 1.38 bits per heavy atom. The van der Waals surface area contributed by atoms with Crippen LogP contribution in [-0.4, -0.2) is 21.5 Å². The third kappa shape index (κ3) is 3.58. The van der Waals surface area contributed by atoms with Gasteiger partial charge in [-0.15, -0.1) is 0 Å². The van der Waals surface area contributed by atoms with Crippen LogP contribution in [-0.2, 0) is 6.42 Å². The Morgan fingerprint density at radius 3 is 2.71 bits per heavy atom. The molecule has 1 aromatic heterocycles. The highest BCUT2D eigenvalue weighted by molar-refractivity contribution is 7.99. The zero-order chi connectivity index (χ0) is 15.2. The maximum Gasteiger partial charge on any atom is 0.269 e. The second-order valence-electron chi connectivity index (χ2n) is 4.24. The number of aromatic nitrogens is 2. The Kier molecular flexibility index (Phi) is 4.90.